The lowest BCUT2D eigenvalue weighted by molar-refractivity contribution is 1.22. The molecule has 0 atom stereocenters. The van der Waals surface area contributed by atoms with Gasteiger partial charge in [0.1, 0.15) is 5.82 Å². The van der Waals surface area contributed by atoms with E-state index in [0.29, 0.717) is 0 Å². The molecule has 0 aliphatic heterocycles. The number of benzene rings is 1. The van der Waals surface area contributed by atoms with E-state index in [0.717, 1.165) is 33.3 Å². The predicted octanol–water partition coefficient (Wildman–Crippen LogP) is 3.59. The van der Waals surface area contributed by atoms with E-state index >= 15 is 0 Å². The second-order valence-corrected chi connectivity index (χ2v) is 4.35. The second-order valence-electron chi connectivity index (χ2n) is 3.92. The number of H-pyrrole nitrogens is 1. The molecule has 4 heteroatoms. The number of aryl methyl sites for hydroxylation is 1. The Balaban J connectivity index is 2.14. The first kappa shape index (κ1) is 10.3. The Morgan fingerprint density at radius 3 is 2.53 bits per heavy atom. The highest BCUT2D eigenvalue weighted by molar-refractivity contribution is 6.30. The van der Waals surface area contributed by atoms with Gasteiger partial charge >= 0.3 is 0 Å². The molecule has 17 heavy (non-hydrogen) atoms. The molecule has 3 nitrogen and oxygen atoms in total. The minimum absolute atomic E-state index is 0.721. The van der Waals surface area contributed by atoms with E-state index in [1.54, 1.807) is 0 Å². The fraction of sp³-hybridized carbons (Fsp3) is 0.0769. The van der Waals surface area contributed by atoms with Crippen molar-refractivity contribution in [3.63, 3.8) is 0 Å². The minimum atomic E-state index is 0.721. The van der Waals surface area contributed by atoms with Crippen LogP contribution in [-0.4, -0.2) is 15.0 Å². The largest absolute Gasteiger partial charge is 0.337 e. The zero-order valence-corrected chi connectivity index (χ0v) is 9.99. The van der Waals surface area contributed by atoms with Crippen molar-refractivity contribution in [2.45, 2.75) is 6.92 Å². The number of hydrogen-bond donors (Lipinski definition) is 1. The molecule has 84 valence electrons. The lowest BCUT2D eigenvalue weighted by Crippen LogP contribution is -1.80. The number of nitrogens with one attached hydrogen (secondary N) is 1. The summed E-state index contributed by atoms with van der Waals surface area (Å²) in [5.74, 6) is 0.815. The number of aromatic nitrogens is 3. The zero-order valence-electron chi connectivity index (χ0n) is 9.24. The summed E-state index contributed by atoms with van der Waals surface area (Å²) >= 11 is 5.86. The smallest absolute Gasteiger partial charge is 0.178 e. The van der Waals surface area contributed by atoms with E-state index in [1.807, 2.05) is 43.3 Å². The molecule has 0 saturated carbocycles. The maximum absolute atomic E-state index is 5.86. The van der Waals surface area contributed by atoms with E-state index in [9.17, 15) is 0 Å². The summed E-state index contributed by atoms with van der Waals surface area (Å²) in [7, 11) is 0. The normalized spacial score (nSPS) is 10.9. The summed E-state index contributed by atoms with van der Waals surface area (Å²) in [5.41, 5.74) is 3.66. The van der Waals surface area contributed by atoms with Crippen LogP contribution in [0.5, 0.6) is 0 Å². The molecule has 1 aromatic carbocycles. The topological polar surface area (TPSA) is 41.6 Å². The summed E-state index contributed by atoms with van der Waals surface area (Å²) in [6.45, 7) is 1.95. The van der Waals surface area contributed by atoms with Gasteiger partial charge in [0.25, 0.3) is 0 Å². The van der Waals surface area contributed by atoms with Gasteiger partial charge in [-0.1, -0.05) is 11.6 Å². The van der Waals surface area contributed by atoms with Crippen LogP contribution in [0.15, 0.2) is 36.4 Å². The van der Waals surface area contributed by atoms with Crippen LogP contribution in [0.25, 0.3) is 22.6 Å². The standard InChI is InChI=1S/C13H10ClN3/c1-8-2-7-11-13(15-8)17-12(16-11)9-3-5-10(14)6-4-9/h2-7H,1H3,(H,15,16,17). The van der Waals surface area contributed by atoms with Crippen LogP contribution < -0.4 is 0 Å². The number of fused-ring (bicyclic) bond motifs is 1. The van der Waals surface area contributed by atoms with E-state index in [-0.39, 0.29) is 0 Å². The van der Waals surface area contributed by atoms with Crippen LogP contribution in [0, 0.1) is 6.92 Å². The van der Waals surface area contributed by atoms with Gasteiger partial charge in [-0.2, -0.15) is 0 Å². The Hall–Kier alpha value is -1.87. The average Bonchev–Trinajstić information content (AvgIpc) is 2.72. The van der Waals surface area contributed by atoms with Crippen molar-refractivity contribution < 1.29 is 0 Å². The predicted molar refractivity (Wildman–Crippen MR) is 69.1 cm³/mol. The molecule has 3 rings (SSSR count). The van der Waals surface area contributed by atoms with E-state index in [4.69, 9.17) is 11.6 Å². The zero-order chi connectivity index (χ0) is 11.8. The lowest BCUT2D eigenvalue weighted by atomic mass is 10.2. The number of halogens is 1. The average molecular weight is 244 g/mol. The minimum Gasteiger partial charge on any atom is -0.337 e. The quantitative estimate of drug-likeness (QED) is 0.710. The Morgan fingerprint density at radius 1 is 1.00 bits per heavy atom. The van der Waals surface area contributed by atoms with Gasteiger partial charge in [0.15, 0.2) is 5.65 Å². The van der Waals surface area contributed by atoms with Gasteiger partial charge in [0.05, 0.1) is 5.52 Å². The first-order valence-corrected chi connectivity index (χ1v) is 5.69. The first-order chi connectivity index (χ1) is 8.22. The third-order valence-corrected chi connectivity index (χ3v) is 2.85. The number of rotatable bonds is 1. The lowest BCUT2D eigenvalue weighted by Gasteiger charge is -1.95. The molecule has 0 fully saturated rings. The van der Waals surface area contributed by atoms with Gasteiger partial charge in [0, 0.05) is 16.3 Å². The molecular formula is C13H10ClN3. The van der Waals surface area contributed by atoms with Crippen molar-refractivity contribution in [3.05, 3.63) is 47.1 Å². The summed E-state index contributed by atoms with van der Waals surface area (Å²) < 4.78 is 0. The van der Waals surface area contributed by atoms with Crippen molar-refractivity contribution in [2.75, 3.05) is 0 Å². The van der Waals surface area contributed by atoms with Gasteiger partial charge in [-0.05, 0) is 43.3 Å². The van der Waals surface area contributed by atoms with Crippen molar-refractivity contribution in [1.82, 2.24) is 15.0 Å². The van der Waals surface area contributed by atoms with Gasteiger partial charge in [-0.25, -0.2) is 9.97 Å². The highest BCUT2D eigenvalue weighted by Gasteiger charge is 2.05. The molecule has 0 spiro atoms. The molecule has 0 saturated heterocycles. The second kappa shape index (κ2) is 3.86. The molecule has 0 radical (unpaired) electrons. The number of hydrogen-bond acceptors (Lipinski definition) is 2. The molecule has 2 heterocycles. The van der Waals surface area contributed by atoms with Crippen molar-refractivity contribution in [1.29, 1.82) is 0 Å². The first-order valence-electron chi connectivity index (χ1n) is 5.32. The van der Waals surface area contributed by atoms with E-state index in [2.05, 4.69) is 15.0 Å². The highest BCUT2D eigenvalue weighted by Crippen LogP contribution is 2.21. The molecule has 1 N–H and O–H groups in total. The van der Waals surface area contributed by atoms with Gasteiger partial charge in [0.2, 0.25) is 0 Å². The van der Waals surface area contributed by atoms with Crippen LogP contribution >= 0.6 is 11.6 Å². The maximum Gasteiger partial charge on any atom is 0.178 e. The van der Waals surface area contributed by atoms with Crippen LogP contribution in [-0.2, 0) is 0 Å². The third-order valence-electron chi connectivity index (χ3n) is 2.60. The summed E-state index contributed by atoms with van der Waals surface area (Å²) in [6.07, 6.45) is 0. The summed E-state index contributed by atoms with van der Waals surface area (Å²) in [5, 5.41) is 0.721. The third kappa shape index (κ3) is 1.89. The van der Waals surface area contributed by atoms with Gasteiger partial charge < -0.3 is 4.98 Å². The SMILES string of the molecule is Cc1ccc2[nH]c(-c3ccc(Cl)cc3)nc2n1. The fourth-order valence-corrected chi connectivity index (χ4v) is 1.86. The van der Waals surface area contributed by atoms with Crippen molar-refractivity contribution >= 4 is 22.8 Å². The van der Waals surface area contributed by atoms with E-state index < -0.39 is 0 Å². The maximum atomic E-state index is 5.86. The highest BCUT2D eigenvalue weighted by atomic mass is 35.5. The summed E-state index contributed by atoms with van der Waals surface area (Å²) in [4.78, 5) is 12.1. The van der Waals surface area contributed by atoms with E-state index in [1.165, 1.54) is 0 Å². The van der Waals surface area contributed by atoms with Crippen LogP contribution in [0.4, 0.5) is 0 Å². The van der Waals surface area contributed by atoms with Crippen molar-refractivity contribution in [3.8, 4) is 11.4 Å². The summed E-state index contributed by atoms with van der Waals surface area (Å²) in [6, 6.07) is 11.5. The molecule has 0 amide bonds. The molecule has 3 aromatic rings. The number of aromatic amines is 1. The Labute approximate surface area is 103 Å². The number of imidazole rings is 1. The Bertz CT molecular complexity index is 671. The Kier molecular flexibility index (Phi) is 2.34. The van der Waals surface area contributed by atoms with Crippen molar-refractivity contribution in [2.24, 2.45) is 0 Å². The number of pyridine rings is 1. The fourth-order valence-electron chi connectivity index (χ4n) is 1.73. The van der Waals surface area contributed by atoms with Gasteiger partial charge in [-0.3, -0.25) is 0 Å². The van der Waals surface area contributed by atoms with Gasteiger partial charge in [-0.15, -0.1) is 0 Å². The van der Waals surface area contributed by atoms with Crippen LogP contribution in [0.2, 0.25) is 5.02 Å². The molecule has 0 unspecified atom stereocenters. The Morgan fingerprint density at radius 2 is 1.76 bits per heavy atom. The molecule has 0 aliphatic rings. The monoisotopic (exact) mass is 243 g/mol. The molecule has 0 aliphatic carbocycles. The number of nitrogens with zero attached hydrogens (tertiary/aromatic N) is 2. The van der Waals surface area contributed by atoms with Crippen LogP contribution in [0.3, 0.4) is 0 Å². The molecule has 0 bridgehead atoms. The molecule has 2 aromatic heterocycles. The van der Waals surface area contributed by atoms with Crippen LogP contribution in [0.1, 0.15) is 5.69 Å². The molecular weight excluding hydrogens is 234 g/mol.